The van der Waals surface area contributed by atoms with E-state index in [4.69, 9.17) is 5.26 Å². The first kappa shape index (κ1) is 14.2. The molecule has 1 aromatic rings. The van der Waals surface area contributed by atoms with Crippen LogP contribution in [0, 0.1) is 23.2 Å². The molecule has 1 atom stereocenters. The Balaban J connectivity index is 2.67. The van der Waals surface area contributed by atoms with Crippen LogP contribution >= 0.6 is 27.3 Å². The lowest BCUT2D eigenvalue weighted by atomic mass is 9.96. The maximum atomic E-state index is 12.0. The molecule has 3 nitrogen and oxygen atoms in total. The molecule has 0 saturated heterocycles. The van der Waals surface area contributed by atoms with Gasteiger partial charge in [-0.05, 0) is 34.0 Å². The largest absolute Gasteiger partial charge is 0.339 e. The number of rotatable bonds is 4. The Morgan fingerprint density at radius 2 is 2.24 bits per heavy atom. The molecule has 1 heterocycles. The molecule has 1 aromatic heterocycles. The predicted octanol–water partition coefficient (Wildman–Crippen LogP) is 3.26. The first-order valence-electron chi connectivity index (χ1n) is 5.34. The van der Waals surface area contributed by atoms with Crippen molar-refractivity contribution >= 4 is 33.2 Å². The van der Waals surface area contributed by atoms with Crippen LogP contribution in [-0.4, -0.2) is 17.9 Å². The van der Waals surface area contributed by atoms with Crippen LogP contribution in [0.25, 0.3) is 0 Å². The van der Waals surface area contributed by atoms with Gasteiger partial charge in [0.25, 0.3) is 0 Å². The Bertz CT molecular complexity index is 436. The molecule has 17 heavy (non-hydrogen) atoms. The Hall–Kier alpha value is -0.860. The van der Waals surface area contributed by atoms with Crippen LogP contribution in [-0.2, 0) is 11.3 Å². The summed E-state index contributed by atoms with van der Waals surface area (Å²) in [6.45, 7) is 4.34. The highest BCUT2D eigenvalue weighted by Gasteiger charge is 2.25. The van der Waals surface area contributed by atoms with Gasteiger partial charge >= 0.3 is 0 Å². The van der Waals surface area contributed by atoms with Crippen LogP contribution < -0.4 is 0 Å². The van der Waals surface area contributed by atoms with Gasteiger partial charge in [-0.2, -0.15) is 5.26 Å². The SMILES string of the molecule is CC(C)C(C#N)C(=O)N(C)Cc1ccc(Br)s1. The number of carbonyl (C=O) groups excluding carboxylic acids is 1. The summed E-state index contributed by atoms with van der Waals surface area (Å²) in [5, 5.41) is 8.98. The maximum absolute atomic E-state index is 12.0. The second-order valence-electron chi connectivity index (χ2n) is 4.25. The number of hydrogen-bond donors (Lipinski definition) is 0. The number of hydrogen-bond acceptors (Lipinski definition) is 3. The minimum Gasteiger partial charge on any atom is -0.339 e. The molecule has 0 fully saturated rings. The lowest BCUT2D eigenvalue weighted by Crippen LogP contribution is -2.34. The van der Waals surface area contributed by atoms with Crippen molar-refractivity contribution in [3.8, 4) is 6.07 Å². The van der Waals surface area contributed by atoms with E-state index in [0.29, 0.717) is 6.54 Å². The molecule has 92 valence electrons. The molecule has 0 N–H and O–H groups in total. The van der Waals surface area contributed by atoms with Gasteiger partial charge < -0.3 is 4.90 Å². The zero-order valence-electron chi connectivity index (χ0n) is 10.1. The van der Waals surface area contributed by atoms with Gasteiger partial charge in [-0.15, -0.1) is 11.3 Å². The Labute approximate surface area is 114 Å². The first-order chi connectivity index (χ1) is 7.95. The lowest BCUT2D eigenvalue weighted by Gasteiger charge is -2.21. The van der Waals surface area contributed by atoms with E-state index in [1.165, 1.54) is 0 Å². The zero-order valence-corrected chi connectivity index (χ0v) is 12.5. The van der Waals surface area contributed by atoms with Crippen molar-refractivity contribution in [3.63, 3.8) is 0 Å². The monoisotopic (exact) mass is 314 g/mol. The summed E-state index contributed by atoms with van der Waals surface area (Å²) in [6, 6.07) is 6.02. The van der Waals surface area contributed by atoms with Crippen LogP contribution in [0.4, 0.5) is 0 Å². The van der Waals surface area contributed by atoms with Crippen LogP contribution in [0.15, 0.2) is 15.9 Å². The summed E-state index contributed by atoms with van der Waals surface area (Å²) in [7, 11) is 1.74. The topological polar surface area (TPSA) is 44.1 Å². The zero-order chi connectivity index (χ0) is 13.0. The average Bonchev–Trinajstić information content (AvgIpc) is 2.64. The van der Waals surface area contributed by atoms with E-state index >= 15 is 0 Å². The molecule has 1 amide bonds. The molecule has 0 radical (unpaired) electrons. The van der Waals surface area contributed by atoms with E-state index in [1.807, 2.05) is 26.0 Å². The highest BCUT2D eigenvalue weighted by atomic mass is 79.9. The highest BCUT2D eigenvalue weighted by molar-refractivity contribution is 9.11. The summed E-state index contributed by atoms with van der Waals surface area (Å²) >= 11 is 4.99. The van der Waals surface area contributed by atoms with Gasteiger partial charge in [-0.1, -0.05) is 13.8 Å². The van der Waals surface area contributed by atoms with Gasteiger partial charge in [-0.25, -0.2) is 0 Å². The van der Waals surface area contributed by atoms with Crippen molar-refractivity contribution < 1.29 is 4.79 Å². The molecule has 0 bridgehead atoms. The number of halogens is 1. The van der Waals surface area contributed by atoms with Crippen LogP contribution in [0.2, 0.25) is 0 Å². The van der Waals surface area contributed by atoms with Gasteiger partial charge in [0.2, 0.25) is 5.91 Å². The molecule has 0 aliphatic heterocycles. The molecule has 0 aliphatic rings. The predicted molar refractivity (Wildman–Crippen MR) is 72.4 cm³/mol. The number of thiophene rings is 1. The van der Waals surface area contributed by atoms with E-state index in [0.717, 1.165) is 8.66 Å². The quantitative estimate of drug-likeness (QED) is 0.856. The van der Waals surface area contributed by atoms with Gasteiger partial charge in [0.15, 0.2) is 0 Å². The molecular formula is C12H15BrN2OS. The van der Waals surface area contributed by atoms with Crippen molar-refractivity contribution in [3.05, 3.63) is 20.8 Å². The molecule has 0 aromatic carbocycles. The van der Waals surface area contributed by atoms with E-state index in [2.05, 4.69) is 22.0 Å². The highest BCUT2D eigenvalue weighted by Crippen LogP contribution is 2.23. The fourth-order valence-electron chi connectivity index (χ4n) is 1.48. The maximum Gasteiger partial charge on any atom is 0.240 e. The van der Waals surface area contributed by atoms with Gasteiger partial charge in [0.05, 0.1) is 16.4 Å². The first-order valence-corrected chi connectivity index (χ1v) is 6.95. The smallest absolute Gasteiger partial charge is 0.240 e. The van der Waals surface area contributed by atoms with Crippen LogP contribution in [0.5, 0.6) is 0 Å². The van der Waals surface area contributed by atoms with E-state index in [9.17, 15) is 4.79 Å². The third kappa shape index (κ3) is 3.83. The van der Waals surface area contributed by atoms with Crippen LogP contribution in [0.1, 0.15) is 18.7 Å². The van der Waals surface area contributed by atoms with Crippen LogP contribution in [0.3, 0.4) is 0 Å². The third-order valence-electron chi connectivity index (χ3n) is 2.47. The van der Waals surface area contributed by atoms with Gasteiger partial charge in [0, 0.05) is 11.9 Å². The lowest BCUT2D eigenvalue weighted by molar-refractivity contribution is -0.134. The van der Waals surface area contributed by atoms with Crippen molar-refractivity contribution in [1.82, 2.24) is 4.90 Å². The summed E-state index contributed by atoms with van der Waals surface area (Å²) in [5.41, 5.74) is 0. The average molecular weight is 315 g/mol. The molecule has 0 aliphatic carbocycles. The minimum atomic E-state index is -0.552. The molecule has 0 saturated carbocycles. The number of nitrogens with zero attached hydrogens (tertiary/aromatic N) is 2. The normalized spacial score (nSPS) is 12.2. The number of amides is 1. The fraction of sp³-hybridized carbons (Fsp3) is 0.500. The summed E-state index contributed by atoms with van der Waals surface area (Å²) in [4.78, 5) is 14.7. The Morgan fingerprint density at radius 1 is 1.59 bits per heavy atom. The Morgan fingerprint density at radius 3 is 2.65 bits per heavy atom. The Kier molecular flexibility index (Phi) is 5.16. The molecule has 5 heteroatoms. The molecule has 1 unspecified atom stereocenters. The van der Waals surface area contributed by atoms with Crippen molar-refractivity contribution in [2.75, 3.05) is 7.05 Å². The second-order valence-corrected chi connectivity index (χ2v) is 6.80. The molecule has 0 spiro atoms. The minimum absolute atomic E-state index is 0.0463. The van der Waals surface area contributed by atoms with Gasteiger partial charge in [-0.3, -0.25) is 4.79 Å². The third-order valence-corrected chi connectivity index (χ3v) is 4.08. The molecular weight excluding hydrogens is 300 g/mol. The summed E-state index contributed by atoms with van der Waals surface area (Å²) in [6.07, 6.45) is 0. The second kappa shape index (κ2) is 6.18. The molecule has 1 rings (SSSR count). The summed E-state index contributed by atoms with van der Waals surface area (Å²) < 4.78 is 1.05. The summed E-state index contributed by atoms with van der Waals surface area (Å²) in [5.74, 6) is -0.611. The number of nitriles is 1. The van der Waals surface area contributed by atoms with E-state index in [1.54, 1.807) is 23.3 Å². The standard InChI is InChI=1S/C12H15BrN2OS/c1-8(2)10(6-14)12(16)15(3)7-9-4-5-11(13)17-9/h4-5,8,10H,7H2,1-3H3. The number of carbonyl (C=O) groups is 1. The van der Waals surface area contributed by atoms with Crippen molar-refractivity contribution in [2.45, 2.75) is 20.4 Å². The van der Waals surface area contributed by atoms with E-state index in [-0.39, 0.29) is 11.8 Å². The van der Waals surface area contributed by atoms with Crippen molar-refractivity contribution in [1.29, 1.82) is 5.26 Å². The van der Waals surface area contributed by atoms with Crippen molar-refractivity contribution in [2.24, 2.45) is 11.8 Å². The van der Waals surface area contributed by atoms with Gasteiger partial charge in [0.1, 0.15) is 5.92 Å². The fourth-order valence-corrected chi connectivity index (χ4v) is 3.01. The van der Waals surface area contributed by atoms with E-state index < -0.39 is 5.92 Å².